The molecule has 1 aliphatic carbocycles. The fourth-order valence-corrected chi connectivity index (χ4v) is 4.30. The maximum Gasteiger partial charge on any atom is 0.433 e. The summed E-state index contributed by atoms with van der Waals surface area (Å²) in [5, 5.41) is 6.17. The Morgan fingerprint density at radius 2 is 1.78 bits per heavy atom. The van der Waals surface area contributed by atoms with E-state index < -0.39 is 11.9 Å². The minimum Gasteiger partial charge on any atom is -0.360 e. The molecule has 2 heterocycles. The summed E-state index contributed by atoms with van der Waals surface area (Å²) in [7, 11) is 0. The lowest BCUT2D eigenvalue weighted by atomic mass is 9.92. The minimum absolute atomic E-state index is 0.110. The summed E-state index contributed by atoms with van der Waals surface area (Å²) in [6.07, 6.45) is 0.821. The average molecular weight is 402 g/mol. The number of piperidine rings is 1. The van der Waals surface area contributed by atoms with Gasteiger partial charge < -0.3 is 15.5 Å². The van der Waals surface area contributed by atoms with Crippen molar-refractivity contribution in [3.05, 3.63) is 11.8 Å². The number of rotatable bonds is 3. The normalized spacial score (nSPS) is 24.1. The van der Waals surface area contributed by atoms with Crippen LogP contribution in [0.25, 0.3) is 0 Å². The van der Waals surface area contributed by atoms with E-state index in [1.165, 1.54) is 0 Å². The monoisotopic (exact) mass is 401 g/mol. The Labute approximate surface area is 163 Å². The number of halogens is 3. The third-order valence-electron chi connectivity index (χ3n) is 5.11. The van der Waals surface area contributed by atoms with Gasteiger partial charge in [-0.2, -0.15) is 18.2 Å². The molecule has 5 nitrogen and oxygen atoms in total. The fraction of sp³-hybridized carbons (Fsp3) is 0.722. The molecule has 2 fully saturated rings. The molecule has 1 aromatic heterocycles. The van der Waals surface area contributed by atoms with E-state index in [4.69, 9.17) is 12.2 Å². The van der Waals surface area contributed by atoms with E-state index in [-0.39, 0.29) is 17.1 Å². The first kappa shape index (κ1) is 20.1. The Bertz CT molecular complexity index is 665. The topological polar surface area (TPSA) is 53.1 Å². The van der Waals surface area contributed by atoms with E-state index in [0.29, 0.717) is 30.7 Å². The van der Waals surface area contributed by atoms with Gasteiger partial charge in [0.05, 0.1) is 0 Å². The van der Waals surface area contributed by atoms with E-state index in [1.54, 1.807) is 0 Å². The van der Waals surface area contributed by atoms with Crippen molar-refractivity contribution in [1.29, 1.82) is 0 Å². The van der Waals surface area contributed by atoms with E-state index in [9.17, 15) is 13.2 Å². The summed E-state index contributed by atoms with van der Waals surface area (Å²) < 4.78 is 40.0. The molecule has 0 amide bonds. The molecule has 1 saturated heterocycles. The van der Waals surface area contributed by atoms with Gasteiger partial charge in [0, 0.05) is 25.2 Å². The highest BCUT2D eigenvalue weighted by molar-refractivity contribution is 7.80. The molecular formula is C18H26F3N5S. The zero-order chi connectivity index (χ0) is 19.6. The van der Waals surface area contributed by atoms with Crippen LogP contribution in [-0.2, 0) is 6.18 Å². The van der Waals surface area contributed by atoms with Gasteiger partial charge in [0.15, 0.2) is 10.8 Å². The predicted molar refractivity (Wildman–Crippen MR) is 104 cm³/mol. The van der Waals surface area contributed by atoms with Crippen LogP contribution in [0.2, 0.25) is 0 Å². The third-order valence-corrected chi connectivity index (χ3v) is 5.33. The van der Waals surface area contributed by atoms with Gasteiger partial charge in [0.1, 0.15) is 5.82 Å². The zero-order valence-corrected chi connectivity index (χ0v) is 16.5. The van der Waals surface area contributed by atoms with Gasteiger partial charge in [-0.25, -0.2) is 4.98 Å². The maximum atomic E-state index is 13.3. The standard InChI is InChI=1S/C18H26F3N5S/c1-11-7-12(2)10-26(9-11)15-8-14(18(19,20)21)23-16(24-15)25-17(27)22-13-5-3-4-6-13/h8,11-13H,3-7,9-10H2,1-2H3,(H2,22,23,24,25,27). The van der Waals surface area contributed by atoms with Crippen LogP contribution in [0.3, 0.4) is 0 Å². The van der Waals surface area contributed by atoms with Crippen molar-refractivity contribution in [2.75, 3.05) is 23.3 Å². The number of hydrogen-bond acceptors (Lipinski definition) is 4. The summed E-state index contributed by atoms with van der Waals surface area (Å²) >= 11 is 5.25. The van der Waals surface area contributed by atoms with Gasteiger partial charge in [0.25, 0.3) is 0 Å². The summed E-state index contributed by atoms with van der Waals surface area (Å²) in [5.74, 6) is 0.988. The van der Waals surface area contributed by atoms with Crippen molar-refractivity contribution in [2.45, 2.75) is 58.2 Å². The summed E-state index contributed by atoms with van der Waals surface area (Å²) in [5.41, 5.74) is -0.954. The molecule has 2 unspecified atom stereocenters. The SMILES string of the molecule is CC1CC(C)CN(c2cc(C(F)(F)F)nc(NC(=S)NC3CCCC3)n2)C1. The molecule has 2 atom stereocenters. The van der Waals surface area contributed by atoms with Crippen LogP contribution in [0.1, 0.15) is 51.6 Å². The van der Waals surface area contributed by atoms with Crippen LogP contribution in [0, 0.1) is 11.8 Å². The van der Waals surface area contributed by atoms with Gasteiger partial charge >= 0.3 is 6.18 Å². The molecule has 1 aromatic rings. The number of nitrogens with one attached hydrogen (secondary N) is 2. The van der Waals surface area contributed by atoms with Crippen molar-refractivity contribution in [3.63, 3.8) is 0 Å². The number of hydrogen-bond donors (Lipinski definition) is 2. The number of thiocarbonyl (C=S) groups is 1. The molecule has 0 radical (unpaired) electrons. The molecule has 2 N–H and O–H groups in total. The average Bonchev–Trinajstić information content (AvgIpc) is 3.05. The molecule has 27 heavy (non-hydrogen) atoms. The molecule has 3 rings (SSSR count). The van der Waals surface area contributed by atoms with E-state index in [2.05, 4.69) is 34.4 Å². The highest BCUT2D eigenvalue weighted by atomic mass is 32.1. The summed E-state index contributed by atoms with van der Waals surface area (Å²) in [6.45, 7) is 5.58. The largest absolute Gasteiger partial charge is 0.433 e. The van der Waals surface area contributed by atoms with Gasteiger partial charge in [-0.15, -0.1) is 0 Å². The minimum atomic E-state index is -4.54. The molecule has 9 heteroatoms. The predicted octanol–water partition coefficient (Wildman–Crippen LogP) is 4.21. The lowest BCUT2D eigenvalue weighted by Gasteiger charge is -2.36. The Morgan fingerprint density at radius 3 is 2.37 bits per heavy atom. The Morgan fingerprint density at radius 1 is 1.15 bits per heavy atom. The number of anilines is 2. The quantitative estimate of drug-likeness (QED) is 0.740. The molecule has 1 saturated carbocycles. The Hall–Kier alpha value is -1.64. The van der Waals surface area contributed by atoms with E-state index >= 15 is 0 Å². The maximum absolute atomic E-state index is 13.3. The number of alkyl halides is 3. The highest BCUT2D eigenvalue weighted by Gasteiger charge is 2.35. The van der Waals surface area contributed by atoms with Gasteiger partial charge in [-0.3, -0.25) is 0 Å². The third kappa shape index (κ3) is 5.43. The van der Waals surface area contributed by atoms with Crippen molar-refractivity contribution in [1.82, 2.24) is 15.3 Å². The van der Waals surface area contributed by atoms with Crippen molar-refractivity contribution in [3.8, 4) is 0 Å². The molecule has 0 aromatic carbocycles. The zero-order valence-electron chi connectivity index (χ0n) is 15.6. The van der Waals surface area contributed by atoms with Crippen LogP contribution >= 0.6 is 12.2 Å². The first-order valence-electron chi connectivity index (χ1n) is 9.49. The molecule has 150 valence electrons. The van der Waals surface area contributed by atoms with Gasteiger partial charge in [0.2, 0.25) is 5.95 Å². The number of nitrogens with zero attached hydrogens (tertiary/aromatic N) is 3. The Kier molecular flexibility index (Phi) is 6.08. The molecular weight excluding hydrogens is 375 g/mol. The second kappa shape index (κ2) is 8.16. The summed E-state index contributed by atoms with van der Waals surface area (Å²) in [4.78, 5) is 9.89. The van der Waals surface area contributed by atoms with Crippen molar-refractivity contribution in [2.24, 2.45) is 11.8 Å². The second-order valence-corrected chi connectivity index (χ2v) is 8.27. The van der Waals surface area contributed by atoms with Crippen molar-refractivity contribution < 1.29 is 13.2 Å². The van der Waals surface area contributed by atoms with Crippen LogP contribution in [0.15, 0.2) is 6.07 Å². The fourth-order valence-electron chi connectivity index (χ4n) is 4.04. The molecule has 0 spiro atoms. The smallest absolute Gasteiger partial charge is 0.360 e. The van der Waals surface area contributed by atoms with Crippen LogP contribution in [0.4, 0.5) is 24.9 Å². The van der Waals surface area contributed by atoms with Gasteiger partial charge in [-0.05, 0) is 43.3 Å². The first-order valence-corrected chi connectivity index (χ1v) is 9.90. The number of aromatic nitrogens is 2. The second-order valence-electron chi connectivity index (χ2n) is 7.86. The lowest BCUT2D eigenvalue weighted by Crippen LogP contribution is -2.40. The highest BCUT2D eigenvalue weighted by Crippen LogP contribution is 2.32. The summed E-state index contributed by atoms with van der Waals surface area (Å²) in [6, 6.07) is 1.29. The lowest BCUT2D eigenvalue weighted by molar-refractivity contribution is -0.141. The van der Waals surface area contributed by atoms with Crippen LogP contribution in [-0.4, -0.2) is 34.2 Å². The van der Waals surface area contributed by atoms with Crippen LogP contribution in [0.5, 0.6) is 0 Å². The van der Waals surface area contributed by atoms with Crippen LogP contribution < -0.4 is 15.5 Å². The first-order chi connectivity index (χ1) is 12.7. The van der Waals surface area contributed by atoms with Gasteiger partial charge in [-0.1, -0.05) is 26.7 Å². The van der Waals surface area contributed by atoms with Crippen molar-refractivity contribution >= 4 is 29.1 Å². The van der Waals surface area contributed by atoms with E-state index in [0.717, 1.165) is 38.2 Å². The Balaban J connectivity index is 1.81. The molecule has 1 aliphatic heterocycles. The molecule has 0 bridgehead atoms. The van der Waals surface area contributed by atoms with E-state index in [1.807, 2.05) is 4.90 Å². The molecule has 2 aliphatic rings.